The van der Waals surface area contributed by atoms with E-state index in [-0.39, 0.29) is 5.91 Å². The van der Waals surface area contributed by atoms with Crippen LogP contribution in [-0.2, 0) is 29.0 Å². The minimum atomic E-state index is -0.760. The van der Waals surface area contributed by atoms with Crippen molar-refractivity contribution < 1.29 is 14.7 Å². The molecule has 0 bridgehead atoms. The number of hydrogen-bond acceptors (Lipinski definition) is 2. The fourth-order valence-corrected chi connectivity index (χ4v) is 3.09. The summed E-state index contributed by atoms with van der Waals surface area (Å²) in [5.41, 5.74) is 2.23. The summed E-state index contributed by atoms with van der Waals surface area (Å²) in [6.45, 7) is 4.31. The van der Waals surface area contributed by atoms with E-state index in [4.69, 9.17) is 0 Å². The van der Waals surface area contributed by atoms with Gasteiger partial charge in [-0.3, -0.25) is 9.59 Å². The average molecular weight is 353 g/mol. The smallest absolute Gasteiger partial charge is 0.309 e. The molecule has 2 rings (SSSR count). The molecule has 0 aliphatic rings. The first-order valence-corrected chi connectivity index (χ1v) is 9.05. The van der Waals surface area contributed by atoms with Crippen molar-refractivity contribution in [3.8, 4) is 0 Å². The fourth-order valence-electron chi connectivity index (χ4n) is 3.09. The predicted octanol–water partition coefficient (Wildman–Crippen LogP) is 3.98. The number of nitrogens with one attached hydrogen (secondary N) is 1. The predicted molar refractivity (Wildman–Crippen MR) is 103 cm³/mol. The highest BCUT2D eigenvalue weighted by molar-refractivity contribution is 5.78. The molecule has 4 nitrogen and oxygen atoms in total. The second-order valence-electron chi connectivity index (χ2n) is 7.05. The van der Waals surface area contributed by atoms with Crippen molar-refractivity contribution >= 4 is 11.9 Å². The molecule has 138 valence electrons. The van der Waals surface area contributed by atoms with E-state index < -0.39 is 11.4 Å². The monoisotopic (exact) mass is 353 g/mol. The molecule has 4 heteroatoms. The fraction of sp³-hybridized carbons (Fsp3) is 0.364. The molecule has 1 amide bonds. The van der Waals surface area contributed by atoms with Gasteiger partial charge in [-0.1, -0.05) is 67.9 Å². The first kappa shape index (κ1) is 19.7. The van der Waals surface area contributed by atoms with Gasteiger partial charge in [-0.2, -0.15) is 0 Å². The molecule has 0 spiro atoms. The summed E-state index contributed by atoms with van der Waals surface area (Å²) in [5, 5.41) is 12.4. The highest BCUT2D eigenvalue weighted by atomic mass is 16.4. The normalized spacial score (nSPS) is 13.0. The lowest BCUT2D eigenvalue weighted by Crippen LogP contribution is -2.29. The van der Waals surface area contributed by atoms with Gasteiger partial charge in [0.15, 0.2) is 0 Å². The highest BCUT2D eigenvalue weighted by Gasteiger charge is 2.32. The van der Waals surface area contributed by atoms with Gasteiger partial charge in [0.05, 0.1) is 11.8 Å². The Bertz CT molecular complexity index is 725. The summed E-state index contributed by atoms with van der Waals surface area (Å²) in [5.74, 6) is -0.785. The standard InChI is InChI=1S/C22H27NO3/c1-3-13-22(2,21(25)26)15-18-11-9-17(10-12-18)14-20(24)23-16-19-7-5-4-6-8-19/h4-12H,3,13-16H2,1-2H3,(H,23,24)(H,25,26). The summed E-state index contributed by atoms with van der Waals surface area (Å²) in [6.07, 6.45) is 2.30. The molecule has 0 aliphatic heterocycles. The Morgan fingerprint density at radius 2 is 1.58 bits per heavy atom. The van der Waals surface area contributed by atoms with Crippen molar-refractivity contribution in [3.05, 3.63) is 71.3 Å². The molecule has 2 N–H and O–H groups in total. The van der Waals surface area contributed by atoms with E-state index in [1.54, 1.807) is 6.92 Å². The minimum Gasteiger partial charge on any atom is -0.481 e. The van der Waals surface area contributed by atoms with Gasteiger partial charge in [0, 0.05) is 6.54 Å². The first-order valence-electron chi connectivity index (χ1n) is 9.05. The quantitative estimate of drug-likeness (QED) is 0.716. The van der Waals surface area contributed by atoms with E-state index in [1.165, 1.54) is 0 Å². The van der Waals surface area contributed by atoms with E-state index >= 15 is 0 Å². The number of carbonyl (C=O) groups is 2. The highest BCUT2D eigenvalue weighted by Crippen LogP contribution is 2.28. The van der Waals surface area contributed by atoms with E-state index in [2.05, 4.69) is 5.32 Å². The summed E-state index contributed by atoms with van der Waals surface area (Å²) < 4.78 is 0. The van der Waals surface area contributed by atoms with Crippen LogP contribution in [0.2, 0.25) is 0 Å². The van der Waals surface area contributed by atoms with Crippen molar-refractivity contribution in [2.75, 3.05) is 0 Å². The van der Waals surface area contributed by atoms with Crippen LogP contribution >= 0.6 is 0 Å². The Hall–Kier alpha value is -2.62. The number of carboxylic acids is 1. The molecule has 0 radical (unpaired) electrons. The van der Waals surface area contributed by atoms with Crippen molar-refractivity contribution in [2.24, 2.45) is 5.41 Å². The number of hydrogen-bond donors (Lipinski definition) is 2. The van der Waals surface area contributed by atoms with Crippen LogP contribution in [0.5, 0.6) is 0 Å². The first-order chi connectivity index (χ1) is 12.4. The number of aliphatic carboxylic acids is 1. The van der Waals surface area contributed by atoms with Gasteiger partial charge in [0.25, 0.3) is 0 Å². The maximum Gasteiger partial charge on any atom is 0.309 e. The number of carboxylic acid groups (broad SMARTS) is 1. The summed E-state index contributed by atoms with van der Waals surface area (Å²) in [4.78, 5) is 23.6. The van der Waals surface area contributed by atoms with Gasteiger partial charge in [-0.25, -0.2) is 0 Å². The summed E-state index contributed by atoms with van der Waals surface area (Å²) >= 11 is 0. The van der Waals surface area contributed by atoms with Gasteiger partial charge in [-0.15, -0.1) is 0 Å². The van der Waals surface area contributed by atoms with Crippen LogP contribution in [0.3, 0.4) is 0 Å². The molecular weight excluding hydrogens is 326 g/mol. The van der Waals surface area contributed by atoms with Crippen molar-refractivity contribution in [3.63, 3.8) is 0 Å². The number of carbonyl (C=O) groups excluding carboxylic acids is 1. The van der Waals surface area contributed by atoms with E-state index in [9.17, 15) is 14.7 Å². The van der Waals surface area contributed by atoms with Crippen molar-refractivity contribution in [1.29, 1.82) is 0 Å². The Kier molecular flexibility index (Phi) is 6.96. The number of amides is 1. The SMILES string of the molecule is CCCC(C)(Cc1ccc(CC(=O)NCc2ccccc2)cc1)C(=O)O. The minimum absolute atomic E-state index is 0.0250. The van der Waals surface area contributed by atoms with Crippen LogP contribution in [0.4, 0.5) is 0 Å². The largest absolute Gasteiger partial charge is 0.481 e. The lowest BCUT2D eigenvalue weighted by molar-refractivity contribution is -0.148. The molecule has 2 aromatic rings. The zero-order chi connectivity index (χ0) is 19.0. The van der Waals surface area contributed by atoms with Gasteiger partial charge < -0.3 is 10.4 Å². The second kappa shape index (κ2) is 9.18. The molecule has 1 unspecified atom stereocenters. The van der Waals surface area contributed by atoms with Crippen LogP contribution in [0.25, 0.3) is 0 Å². The Morgan fingerprint density at radius 3 is 2.15 bits per heavy atom. The van der Waals surface area contributed by atoms with Gasteiger partial charge in [0.2, 0.25) is 5.91 Å². The van der Waals surface area contributed by atoms with Gasteiger partial charge >= 0.3 is 5.97 Å². The Morgan fingerprint density at radius 1 is 0.962 bits per heavy atom. The zero-order valence-corrected chi connectivity index (χ0v) is 15.5. The van der Waals surface area contributed by atoms with Crippen molar-refractivity contribution in [1.82, 2.24) is 5.32 Å². The lowest BCUT2D eigenvalue weighted by atomic mass is 9.80. The zero-order valence-electron chi connectivity index (χ0n) is 15.5. The molecule has 2 aromatic carbocycles. The van der Waals surface area contributed by atoms with Crippen LogP contribution in [0, 0.1) is 5.41 Å². The molecule has 0 fully saturated rings. The molecule has 0 saturated carbocycles. The second-order valence-corrected chi connectivity index (χ2v) is 7.05. The summed E-state index contributed by atoms with van der Waals surface area (Å²) in [6, 6.07) is 17.5. The molecule has 26 heavy (non-hydrogen) atoms. The third-order valence-electron chi connectivity index (χ3n) is 4.63. The van der Waals surface area contributed by atoms with E-state index in [0.717, 1.165) is 23.1 Å². The van der Waals surface area contributed by atoms with E-state index in [1.807, 2.05) is 61.5 Å². The van der Waals surface area contributed by atoms with Crippen LogP contribution in [0.1, 0.15) is 43.4 Å². The molecule has 0 aromatic heterocycles. The topological polar surface area (TPSA) is 66.4 Å². The third-order valence-corrected chi connectivity index (χ3v) is 4.63. The lowest BCUT2D eigenvalue weighted by Gasteiger charge is -2.24. The molecule has 0 saturated heterocycles. The molecule has 0 aliphatic carbocycles. The van der Waals surface area contributed by atoms with Crippen LogP contribution in [0.15, 0.2) is 54.6 Å². The van der Waals surface area contributed by atoms with Crippen molar-refractivity contribution in [2.45, 2.75) is 46.1 Å². The molecule has 0 heterocycles. The van der Waals surface area contributed by atoms with Crippen LogP contribution in [-0.4, -0.2) is 17.0 Å². The Balaban J connectivity index is 1.90. The average Bonchev–Trinajstić information content (AvgIpc) is 2.62. The van der Waals surface area contributed by atoms with Crippen LogP contribution < -0.4 is 5.32 Å². The van der Waals surface area contributed by atoms with Gasteiger partial charge in [-0.05, 0) is 36.5 Å². The molecular formula is C22H27NO3. The number of benzene rings is 2. The van der Waals surface area contributed by atoms with Gasteiger partial charge in [0.1, 0.15) is 0 Å². The maximum absolute atomic E-state index is 12.1. The Labute approximate surface area is 155 Å². The third kappa shape index (κ3) is 5.73. The number of rotatable bonds is 9. The summed E-state index contributed by atoms with van der Waals surface area (Å²) in [7, 11) is 0. The van der Waals surface area contributed by atoms with E-state index in [0.29, 0.717) is 25.8 Å². The maximum atomic E-state index is 12.1. The molecule has 1 atom stereocenters.